The lowest BCUT2D eigenvalue weighted by atomic mass is 10.3. The third kappa shape index (κ3) is 2.86. The van der Waals surface area contributed by atoms with Crippen molar-refractivity contribution in [2.45, 2.75) is 13.8 Å². The molecule has 1 amide bonds. The second kappa shape index (κ2) is 6.08. The van der Waals surface area contributed by atoms with Crippen LogP contribution in [-0.2, 0) is 0 Å². The number of hydrogen-bond donors (Lipinski definition) is 1. The molecule has 0 atom stereocenters. The smallest absolute Gasteiger partial charge is 0.266 e. The normalized spacial score (nSPS) is 11.2. The Morgan fingerprint density at radius 2 is 1.86 bits per heavy atom. The number of carbonyl (C=O) groups excluding carboxylic acids is 1. The lowest BCUT2D eigenvalue weighted by Crippen LogP contribution is -2.23. The fourth-order valence-corrected chi connectivity index (χ4v) is 2.58. The zero-order chi connectivity index (χ0) is 15.4. The summed E-state index contributed by atoms with van der Waals surface area (Å²) in [6, 6.07) is 11.0. The van der Waals surface area contributed by atoms with Crippen molar-refractivity contribution in [1.29, 1.82) is 10.5 Å². The molecule has 0 unspecified atom stereocenters. The van der Waals surface area contributed by atoms with Crippen molar-refractivity contribution >= 4 is 22.9 Å². The summed E-state index contributed by atoms with van der Waals surface area (Å²) in [6.07, 6.45) is 0. The molecular weight excluding hydrogens is 284 g/mol. The Bertz CT molecular complexity index is 765. The van der Waals surface area contributed by atoms with Gasteiger partial charge in [0, 0.05) is 11.4 Å². The number of amides is 1. The van der Waals surface area contributed by atoms with Gasteiger partial charge in [-0.05, 0) is 37.4 Å². The molecule has 2 heterocycles. The van der Waals surface area contributed by atoms with Crippen LogP contribution in [-0.4, -0.2) is 10.5 Å². The molecule has 6 heteroatoms. The Morgan fingerprint density at radius 3 is 2.33 bits per heavy atom. The summed E-state index contributed by atoms with van der Waals surface area (Å²) < 4.78 is 1.65. The molecule has 0 radical (unpaired) electrons. The highest BCUT2D eigenvalue weighted by atomic mass is 32.1. The van der Waals surface area contributed by atoms with Gasteiger partial charge in [0.15, 0.2) is 11.4 Å². The number of carbonyl (C=O) groups is 1. The van der Waals surface area contributed by atoms with Crippen LogP contribution in [0.25, 0.3) is 5.70 Å². The van der Waals surface area contributed by atoms with Crippen LogP contribution in [0.1, 0.15) is 21.1 Å². The van der Waals surface area contributed by atoms with Crippen LogP contribution in [0, 0.1) is 36.5 Å². The van der Waals surface area contributed by atoms with E-state index < -0.39 is 5.91 Å². The Morgan fingerprint density at radius 1 is 1.19 bits per heavy atom. The maximum atomic E-state index is 12.0. The number of nitriles is 2. The van der Waals surface area contributed by atoms with E-state index in [2.05, 4.69) is 5.32 Å². The van der Waals surface area contributed by atoms with E-state index in [0.29, 0.717) is 4.88 Å². The van der Waals surface area contributed by atoms with E-state index in [1.807, 2.05) is 38.1 Å². The highest BCUT2D eigenvalue weighted by Gasteiger charge is 2.16. The predicted octanol–water partition coefficient (Wildman–Crippen LogP) is 2.81. The third-order valence-electron chi connectivity index (χ3n) is 2.93. The number of aryl methyl sites for hydroxylation is 2. The first-order valence-corrected chi connectivity index (χ1v) is 7.01. The highest BCUT2D eigenvalue weighted by molar-refractivity contribution is 7.12. The van der Waals surface area contributed by atoms with Gasteiger partial charge in [-0.15, -0.1) is 11.3 Å². The molecule has 0 aliphatic carbocycles. The van der Waals surface area contributed by atoms with Gasteiger partial charge in [-0.1, -0.05) is 6.07 Å². The van der Waals surface area contributed by atoms with Crippen molar-refractivity contribution in [2.24, 2.45) is 0 Å². The molecule has 1 N–H and O–H groups in total. The van der Waals surface area contributed by atoms with Gasteiger partial charge in [0.25, 0.3) is 5.91 Å². The van der Waals surface area contributed by atoms with Crippen LogP contribution in [0.5, 0.6) is 0 Å². The van der Waals surface area contributed by atoms with Crippen molar-refractivity contribution in [3.63, 3.8) is 0 Å². The Labute approximate surface area is 126 Å². The quantitative estimate of drug-likeness (QED) is 0.884. The Hall–Kier alpha value is -2.83. The first kappa shape index (κ1) is 14.6. The van der Waals surface area contributed by atoms with E-state index in [-0.39, 0.29) is 11.4 Å². The number of rotatable bonds is 3. The topological polar surface area (TPSA) is 81.6 Å². The van der Waals surface area contributed by atoms with E-state index in [1.165, 1.54) is 11.3 Å². The molecular formula is C15H12N4OS. The Balaban J connectivity index is 2.44. The van der Waals surface area contributed by atoms with Crippen LogP contribution < -0.4 is 5.32 Å². The average Bonchev–Trinajstić information content (AvgIpc) is 3.11. The molecule has 0 aliphatic rings. The van der Waals surface area contributed by atoms with E-state index in [0.717, 1.165) is 11.4 Å². The number of nitrogens with zero attached hydrogens (tertiary/aromatic N) is 3. The van der Waals surface area contributed by atoms with Crippen LogP contribution in [0.3, 0.4) is 0 Å². The summed E-state index contributed by atoms with van der Waals surface area (Å²) in [5.41, 5.74) is 1.70. The first-order chi connectivity index (χ1) is 10.1. The molecule has 0 fully saturated rings. The maximum Gasteiger partial charge on any atom is 0.266 e. The van der Waals surface area contributed by atoms with Crippen LogP contribution in [0.15, 0.2) is 35.3 Å². The summed E-state index contributed by atoms with van der Waals surface area (Å²) in [6.45, 7) is 3.67. The second-order valence-electron chi connectivity index (χ2n) is 4.33. The summed E-state index contributed by atoms with van der Waals surface area (Å²) >= 11 is 1.27. The highest BCUT2D eigenvalue weighted by Crippen LogP contribution is 2.17. The van der Waals surface area contributed by atoms with E-state index in [4.69, 9.17) is 0 Å². The van der Waals surface area contributed by atoms with Crippen molar-refractivity contribution in [3.8, 4) is 12.1 Å². The molecule has 0 aromatic carbocycles. The molecule has 2 aromatic rings. The number of allylic oxidation sites excluding steroid dienone is 2. The summed E-state index contributed by atoms with van der Waals surface area (Å²) in [5, 5.41) is 22.9. The van der Waals surface area contributed by atoms with Crippen LogP contribution in [0.2, 0.25) is 0 Å². The molecule has 104 valence electrons. The lowest BCUT2D eigenvalue weighted by molar-refractivity contribution is 0.0971. The van der Waals surface area contributed by atoms with Crippen LogP contribution >= 0.6 is 11.3 Å². The minimum atomic E-state index is -0.392. The van der Waals surface area contributed by atoms with Crippen molar-refractivity contribution in [2.75, 3.05) is 0 Å². The molecule has 5 nitrogen and oxygen atoms in total. The van der Waals surface area contributed by atoms with Crippen molar-refractivity contribution < 1.29 is 4.79 Å². The summed E-state index contributed by atoms with van der Waals surface area (Å²) in [7, 11) is 0. The van der Waals surface area contributed by atoms with E-state index >= 15 is 0 Å². The van der Waals surface area contributed by atoms with Gasteiger partial charge in [-0.2, -0.15) is 10.5 Å². The van der Waals surface area contributed by atoms with Gasteiger partial charge >= 0.3 is 0 Å². The van der Waals surface area contributed by atoms with Crippen LogP contribution in [0.4, 0.5) is 0 Å². The minimum absolute atomic E-state index is 0.0571. The molecule has 0 saturated heterocycles. The third-order valence-corrected chi connectivity index (χ3v) is 3.80. The lowest BCUT2D eigenvalue weighted by Gasteiger charge is -2.10. The van der Waals surface area contributed by atoms with Crippen molar-refractivity contribution in [3.05, 3.63) is 51.6 Å². The number of nitrogens with one attached hydrogen (secondary N) is 1. The maximum absolute atomic E-state index is 12.0. The van der Waals surface area contributed by atoms with Gasteiger partial charge in [-0.3, -0.25) is 4.79 Å². The Kier molecular flexibility index (Phi) is 4.22. The molecule has 0 aliphatic heterocycles. The minimum Gasteiger partial charge on any atom is -0.310 e. The fraction of sp³-hybridized carbons (Fsp3) is 0.133. The predicted molar refractivity (Wildman–Crippen MR) is 80.1 cm³/mol. The van der Waals surface area contributed by atoms with Gasteiger partial charge in [-0.25, -0.2) is 0 Å². The van der Waals surface area contributed by atoms with Gasteiger partial charge < -0.3 is 9.88 Å². The fourth-order valence-electron chi connectivity index (χ4n) is 1.96. The number of hydrogen-bond acceptors (Lipinski definition) is 4. The zero-order valence-electron chi connectivity index (χ0n) is 11.5. The zero-order valence-corrected chi connectivity index (χ0v) is 12.4. The molecule has 2 rings (SSSR count). The first-order valence-electron chi connectivity index (χ1n) is 6.13. The van der Waals surface area contributed by atoms with E-state index in [1.54, 1.807) is 22.1 Å². The molecule has 2 aromatic heterocycles. The molecule has 0 saturated carbocycles. The van der Waals surface area contributed by atoms with Gasteiger partial charge in [0.05, 0.1) is 4.88 Å². The summed E-state index contributed by atoms with van der Waals surface area (Å²) in [5.74, 6) is -0.392. The SMILES string of the molecule is Cc1ccc(C)n1/C(C#N)=C(\C#N)NC(=O)c1cccs1. The standard InChI is InChI=1S/C15H12N4OS/c1-10-5-6-11(2)19(10)13(9-17)12(8-16)18-15(20)14-4-3-7-21-14/h3-7H,1-2H3,(H,18,20)/b13-12+. The molecule has 0 bridgehead atoms. The molecule has 0 spiro atoms. The largest absolute Gasteiger partial charge is 0.310 e. The monoisotopic (exact) mass is 296 g/mol. The van der Waals surface area contributed by atoms with E-state index in [9.17, 15) is 15.3 Å². The average molecular weight is 296 g/mol. The van der Waals surface area contributed by atoms with Gasteiger partial charge in [0.2, 0.25) is 0 Å². The number of aromatic nitrogens is 1. The second-order valence-corrected chi connectivity index (χ2v) is 5.28. The molecule has 21 heavy (non-hydrogen) atoms. The van der Waals surface area contributed by atoms with Gasteiger partial charge in [0.1, 0.15) is 12.1 Å². The summed E-state index contributed by atoms with van der Waals surface area (Å²) in [4.78, 5) is 12.5. The number of thiophene rings is 1. The van der Waals surface area contributed by atoms with Crippen molar-refractivity contribution in [1.82, 2.24) is 9.88 Å².